The molecule has 0 bridgehead atoms. The van der Waals surface area contributed by atoms with Crippen molar-refractivity contribution < 1.29 is 0 Å². The van der Waals surface area contributed by atoms with Crippen LogP contribution in [0, 0.1) is 0 Å². The van der Waals surface area contributed by atoms with E-state index >= 15 is 0 Å². The van der Waals surface area contributed by atoms with Crippen molar-refractivity contribution in [3.05, 3.63) is 0 Å². The number of nitrogens with one attached hydrogen (secondary N) is 1. The third-order valence-electron chi connectivity index (χ3n) is 4.08. The van der Waals surface area contributed by atoms with Crippen molar-refractivity contribution in [2.45, 2.75) is 70.9 Å². The fourth-order valence-corrected chi connectivity index (χ4v) is 2.85. The van der Waals surface area contributed by atoms with Gasteiger partial charge in [-0.05, 0) is 32.9 Å². The van der Waals surface area contributed by atoms with E-state index in [4.69, 9.17) is 0 Å². The first-order valence-corrected chi connectivity index (χ1v) is 7.22. The summed E-state index contributed by atoms with van der Waals surface area (Å²) in [5.74, 6) is 0. The van der Waals surface area contributed by atoms with E-state index in [0.29, 0.717) is 0 Å². The van der Waals surface area contributed by atoms with Gasteiger partial charge in [0.25, 0.3) is 0 Å². The molecule has 0 aromatic carbocycles. The van der Waals surface area contributed by atoms with E-state index in [2.05, 4.69) is 31.1 Å². The third kappa shape index (κ3) is 4.42. The van der Waals surface area contributed by atoms with Gasteiger partial charge in [0, 0.05) is 18.6 Å². The van der Waals surface area contributed by atoms with E-state index in [0.717, 1.165) is 25.2 Å². The fraction of sp³-hybridized carbons (Fsp3) is 1.00. The van der Waals surface area contributed by atoms with Gasteiger partial charge in [0.1, 0.15) is 0 Å². The van der Waals surface area contributed by atoms with Gasteiger partial charge in [-0.3, -0.25) is 4.90 Å². The van der Waals surface area contributed by atoms with E-state index in [1.54, 1.807) is 0 Å². The minimum absolute atomic E-state index is 0.725. The molecule has 1 atom stereocenters. The Hall–Kier alpha value is -0.0800. The topological polar surface area (TPSA) is 15.3 Å². The zero-order valence-electron chi connectivity index (χ0n) is 11.5. The first-order chi connectivity index (χ1) is 7.79. The van der Waals surface area contributed by atoms with Crippen molar-refractivity contribution in [1.82, 2.24) is 10.2 Å². The van der Waals surface area contributed by atoms with Crippen LogP contribution in [0.2, 0.25) is 0 Å². The monoisotopic (exact) mass is 226 g/mol. The van der Waals surface area contributed by atoms with Crippen LogP contribution in [-0.4, -0.2) is 37.1 Å². The molecule has 0 amide bonds. The molecular weight excluding hydrogens is 196 g/mol. The minimum atomic E-state index is 0.725. The lowest BCUT2D eigenvalue weighted by Gasteiger charge is -2.34. The average molecular weight is 226 g/mol. The van der Waals surface area contributed by atoms with Gasteiger partial charge in [-0.1, -0.05) is 39.5 Å². The maximum atomic E-state index is 3.49. The maximum absolute atomic E-state index is 3.49. The van der Waals surface area contributed by atoms with Crippen molar-refractivity contribution in [3.8, 4) is 0 Å². The summed E-state index contributed by atoms with van der Waals surface area (Å²) < 4.78 is 0. The largest absolute Gasteiger partial charge is 0.315 e. The molecular formula is C14H30N2. The first kappa shape index (κ1) is 14.0. The second-order valence-corrected chi connectivity index (χ2v) is 5.18. The summed E-state index contributed by atoms with van der Waals surface area (Å²) in [6.45, 7) is 6.75. The normalized spacial score (nSPS) is 21.0. The first-order valence-electron chi connectivity index (χ1n) is 7.22. The molecule has 0 aromatic heterocycles. The Balaban J connectivity index is 2.41. The zero-order chi connectivity index (χ0) is 11.8. The Morgan fingerprint density at radius 1 is 1.12 bits per heavy atom. The molecule has 16 heavy (non-hydrogen) atoms. The van der Waals surface area contributed by atoms with Crippen LogP contribution >= 0.6 is 0 Å². The second kappa shape index (κ2) is 8.08. The Kier molecular flexibility index (Phi) is 7.06. The van der Waals surface area contributed by atoms with Crippen molar-refractivity contribution in [1.29, 1.82) is 0 Å². The molecule has 1 aliphatic rings. The SMILES string of the molecule is CCNCC(CC)N(C)C1CCCCCC1. The van der Waals surface area contributed by atoms with Crippen LogP contribution in [0.5, 0.6) is 0 Å². The molecule has 1 saturated carbocycles. The Morgan fingerprint density at radius 3 is 2.25 bits per heavy atom. The molecule has 0 heterocycles. The van der Waals surface area contributed by atoms with Crippen LogP contribution in [0.1, 0.15) is 58.8 Å². The third-order valence-corrected chi connectivity index (χ3v) is 4.08. The van der Waals surface area contributed by atoms with Gasteiger partial charge in [0.15, 0.2) is 0 Å². The molecule has 1 fully saturated rings. The Bertz CT molecular complexity index is 162. The van der Waals surface area contributed by atoms with Gasteiger partial charge in [0.2, 0.25) is 0 Å². The van der Waals surface area contributed by atoms with Gasteiger partial charge in [0.05, 0.1) is 0 Å². The molecule has 1 rings (SSSR count). The molecule has 0 spiro atoms. The molecule has 1 N–H and O–H groups in total. The van der Waals surface area contributed by atoms with E-state index < -0.39 is 0 Å². The van der Waals surface area contributed by atoms with Crippen molar-refractivity contribution in [3.63, 3.8) is 0 Å². The lowest BCUT2D eigenvalue weighted by Crippen LogP contribution is -2.45. The molecule has 2 heteroatoms. The molecule has 2 nitrogen and oxygen atoms in total. The van der Waals surface area contributed by atoms with Crippen molar-refractivity contribution in [2.24, 2.45) is 0 Å². The predicted molar refractivity (Wildman–Crippen MR) is 71.9 cm³/mol. The number of likely N-dealkylation sites (N-methyl/N-ethyl adjacent to an activating group) is 2. The summed E-state index contributed by atoms with van der Waals surface area (Å²) in [5.41, 5.74) is 0. The van der Waals surface area contributed by atoms with Gasteiger partial charge in [-0.2, -0.15) is 0 Å². The highest BCUT2D eigenvalue weighted by molar-refractivity contribution is 4.79. The van der Waals surface area contributed by atoms with Gasteiger partial charge >= 0.3 is 0 Å². The highest BCUT2D eigenvalue weighted by atomic mass is 15.2. The lowest BCUT2D eigenvalue weighted by atomic mass is 10.0. The maximum Gasteiger partial charge on any atom is 0.0217 e. The molecule has 0 saturated heterocycles. The highest BCUT2D eigenvalue weighted by Gasteiger charge is 2.22. The van der Waals surface area contributed by atoms with E-state index in [1.165, 1.54) is 44.9 Å². The summed E-state index contributed by atoms with van der Waals surface area (Å²) in [4.78, 5) is 2.65. The zero-order valence-corrected chi connectivity index (χ0v) is 11.5. The van der Waals surface area contributed by atoms with Crippen LogP contribution in [0.3, 0.4) is 0 Å². The molecule has 0 aromatic rings. The second-order valence-electron chi connectivity index (χ2n) is 5.18. The number of hydrogen-bond acceptors (Lipinski definition) is 2. The number of nitrogens with zero attached hydrogens (tertiary/aromatic N) is 1. The standard InChI is InChI=1S/C14H30N2/c1-4-13(12-15-5-2)16(3)14-10-8-6-7-9-11-14/h13-15H,4-12H2,1-3H3. The van der Waals surface area contributed by atoms with Crippen LogP contribution < -0.4 is 5.32 Å². The van der Waals surface area contributed by atoms with E-state index in [9.17, 15) is 0 Å². The summed E-state index contributed by atoms with van der Waals surface area (Å²) in [6, 6.07) is 1.56. The molecule has 0 radical (unpaired) electrons. The highest BCUT2D eigenvalue weighted by Crippen LogP contribution is 2.22. The summed E-state index contributed by atoms with van der Waals surface area (Å²) in [6.07, 6.45) is 9.88. The van der Waals surface area contributed by atoms with Gasteiger partial charge in [-0.25, -0.2) is 0 Å². The predicted octanol–water partition coefficient (Wildman–Crippen LogP) is 3.03. The summed E-state index contributed by atoms with van der Waals surface area (Å²) in [7, 11) is 2.33. The Labute approximate surface area is 102 Å². The lowest BCUT2D eigenvalue weighted by molar-refractivity contribution is 0.151. The van der Waals surface area contributed by atoms with E-state index in [1.807, 2.05) is 0 Å². The van der Waals surface area contributed by atoms with Crippen molar-refractivity contribution in [2.75, 3.05) is 20.1 Å². The van der Waals surface area contributed by atoms with Gasteiger partial charge in [-0.15, -0.1) is 0 Å². The summed E-state index contributed by atoms with van der Waals surface area (Å²) >= 11 is 0. The quantitative estimate of drug-likeness (QED) is 0.700. The van der Waals surface area contributed by atoms with Crippen LogP contribution in [0.25, 0.3) is 0 Å². The van der Waals surface area contributed by atoms with Crippen LogP contribution in [0.4, 0.5) is 0 Å². The molecule has 1 aliphatic carbocycles. The molecule has 96 valence electrons. The fourth-order valence-electron chi connectivity index (χ4n) is 2.85. The smallest absolute Gasteiger partial charge is 0.0217 e. The van der Waals surface area contributed by atoms with Crippen LogP contribution in [-0.2, 0) is 0 Å². The number of hydrogen-bond donors (Lipinski definition) is 1. The number of rotatable bonds is 6. The molecule has 0 aliphatic heterocycles. The van der Waals surface area contributed by atoms with E-state index in [-0.39, 0.29) is 0 Å². The van der Waals surface area contributed by atoms with Gasteiger partial charge < -0.3 is 5.32 Å². The van der Waals surface area contributed by atoms with Crippen molar-refractivity contribution >= 4 is 0 Å². The summed E-state index contributed by atoms with van der Waals surface area (Å²) in [5, 5.41) is 3.49. The average Bonchev–Trinajstić information content (AvgIpc) is 2.58. The molecule has 1 unspecified atom stereocenters. The van der Waals surface area contributed by atoms with Crippen LogP contribution in [0.15, 0.2) is 0 Å². The minimum Gasteiger partial charge on any atom is -0.315 e. The Morgan fingerprint density at radius 2 is 1.75 bits per heavy atom.